The molecule has 1 N–H and O–H groups in total. The Kier molecular flexibility index (Phi) is 9.08. The average molecular weight is 530 g/mol. The molecule has 0 unspecified atom stereocenters. The number of carbonyl (C=O) groups is 1. The number of aromatic nitrogens is 3. The highest BCUT2D eigenvalue weighted by Crippen LogP contribution is 2.32. The molecule has 3 aromatic rings. The van der Waals surface area contributed by atoms with Gasteiger partial charge in [-0.3, -0.25) is 4.79 Å². The van der Waals surface area contributed by atoms with Gasteiger partial charge in [-0.2, -0.15) is 5.10 Å². The Hall–Kier alpha value is -3.11. The van der Waals surface area contributed by atoms with Gasteiger partial charge in [-0.15, -0.1) is 10.2 Å². The number of ether oxygens (including phenoxy) is 2. The molecule has 0 spiro atoms. The molecule has 0 saturated carbocycles. The molecule has 8 nitrogen and oxygen atoms in total. The molecule has 1 aromatic heterocycles. The average Bonchev–Trinajstić information content (AvgIpc) is 3.25. The summed E-state index contributed by atoms with van der Waals surface area (Å²) in [5.74, 6) is 1.85. The van der Waals surface area contributed by atoms with E-state index in [0.717, 1.165) is 15.6 Å². The van der Waals surface area contributed by atoms with Crippen LogP contribution in [0.2, 0.25) is 0 Å². The summed E-state index contributed by atoms with van der Waals surface area (Å²) in [4.78, 5) is 12.2. The van der Waals surface area contributed by atoms with Gasteiger partial charge in [-0.25, -0.2) is 5.43 Å². The Labute approximate surface area is 205 Å². The molecule has 0 bridgehead atoms. The molecule has 172 valence electrons. The standard InChI is InChI=1S/C23H24BrN5O3S/c1-4-29-22(17-10-11-19(31-2)20(13-17)32-3)27-28-23(29)33-15-21(30)26-25-14-18(24)12-16-8-6-5-7-9-16/h5-14H,4,15H2,1-3H3,(H,26,30). The summed E-state index contributed by atoms with van der Waals surface area (Å²) in [6.07, 6.45) is 3.45. The molecule has 3 rings (SSSR count). The first-order valence-electron chi connectivity index (χ1n) is 10.1. The third-order valence-electron chi connectivity index (χ3n) is 4.49. The monoisotopic (exact) mass is 529 g/mol. The highest BCUT2D eigenvalue weighted by Gasteiger charge is 2.16. The molecule has 0 atom stereocenters. The minimum absolute atomic E-state index is 0.154. The van der Waals surface area contributed by atoms with Crippen molar-refractivity contribution in [3.05, 3.63) is 58.6 Å². The number of rotatable bonds is 10. The van der Waals surface area contributed by atoms with E-state index in [4.69, 9.17) is 9.47 Å². The van der Waals surface area contributed by atoms with Crippen LogP contribution in [0.5, 0.6) is 11.5 Å². The molecule has 1 amide bonds. The van der Waals surface area contributed by atoms with Gasteiger partial charge in [0.15, 0.2) is 22.5 Å². The lowest BCUT2D eigenvalue weighted by atomic mass is 10.2. The van der Waals surface area contributed by atoms with Gasteiger partial charge in [0, 0.05) is 16.6 Å². The van der Waals surface area contributed by atoms with Crippen molar-refractivity contribution in [1.29, 1.82) is 0 Å². The predicted molar refractivity (Wildman–Crippen MR) is 135 cm³/mol. The van der Waals surface area contributed by atoms with Crippen molar-refractivity contribution in [3.8, 4) is 22.9 Å². The number of amides is 1. The van der Waals surface area contributed by atoms with Crippen molar-refractivity contribution < 1.29 is 14.3 Å². The molecular formula is C23H24BrN5O3S. The van der Waals surface area contributed by atoms with E-state index in [0.29, 0.717) is 29.0 Å². The van der Waals surface area contributed by atoms with E-state index in [1.165, 1.54) is 11.8 Å². The van der Waals surface area contributed by atoms with E-state index >= 15 is 0 Å². The van der Waals surface area contributed by atoms with Crippen molar-refractivity contribution >= 4 is 45.9 Å². The van der Waals surface area contributed by atoms with Gasteiger partial charge >= 0.3 is 0 Å². The fraction of sp³-hybridized carbons (Fsp3) is 0.217. The van der Waals surface area contributed by atoms with Crippen LogP contribution in [0.15, 0.2) is 63.3 Å². The number of hydrogen-bond donors (Lipinski definition) is 1. The lowest BCUT2D eigenvalue weighted by molar-refractivity contribution is -0.118. The maximum Gasteiger partial charge on any atom is 0.250 e. The van der Waals surface area contributed by atoms with Crippen molar-refractivity contribution in [1.82, 2.24) is 20.2 Å². The Morgan fingerprint density at radius 1 is 1.15 bits per heavy atom. The number of hydrogen-bond acceptors (Lipinski definition) is 7. The second-order valence-corrected chi connectivity index (χ2v) is 8.50. The Morgan fingerprint density at radius 3 is 2.61 bits per heavy atom. The molecule has 10 heteroatoms. The van der Waals surface area contributed by atoms with Crippen LogP contribution in [0.4, 0.5) is 0 Å². The molecule has 0 saturated heterocycles. The second-order valence-electron chi connectivity index (χ2n) is 6.64. The Bertz CT molecular complexity index is 1150. The van der Waals surface area contributed by atoms with Crippen LogP contribution < -0.4 is 14.9 Å². The lowest BCUT2D eigenvalue weighted by Gasteiger charge is -2.10. The second kappa shape index (κ2) is 12.2. The van der Waals surface area contributed by atoms with E-state index in [2.05, 4.69) is 36.7 Å². The van der Waals surface area contributed by atoms with Gasteiger partial charge in [0.1, 0.15) is 0 Å². The highest BCUT2D eigenvalue weighted by molar-refractivity contribution is 9.12. The first kappa shape index (κ1) is 24.5. The fourth-order valence-electron chi connectivity index (χ4n) is 2.94. The minimum atomic E-state index is -0.241. The SMILES string of the molecule is CCn1c(SCC(=O)NN=CC(Br)=Cc2ccccc2)nnc1-c1ccc(OC)c(OC)c1. The van der Waals surface area contributed by atoms with Gasteiger partial charge in [0.05, 0.1) is 26.2 Å². The molecule has 0 aliphatic rings. The molecule has 1 heterocycles. The quantitative estimate of drug-likeness (QED) is 0.234. The Balaban J connectivity index is 1.61. The van der Waals surface area contributed by atoms with Gasteiger partial charge < -0.3 is 14.0 Å². The van der Waals surface area contributed by atoms with Gasteiger partial charge in [-0.05, 0) is 52.7 Å². The first-order chi connectivity index (χ1) is 16.0. The zero-order valence-electron chi connectivity index (χ0n) is 18.5. The molecule has 0 fully saturated rings. The van der Waals surface area contributed by atoms with E-state index in [-0.39, 0.29) is 11.7 Å². The van der Waals surface area contributed by atoms with Crippen LogP contribution in [-0.4, -0.2) is 46.9 Å². The van der Waals surface area contributed by atoms with E-state index < -0.39 is 0 Å². The number of methoxy groups -OCH3 is 2. The first-order valence-corrected chi connectivity index (χ1v) is 11.9. The third-order valence-corrected chi connectivity index (χ3v) is 5.89. The summed E-state index contributed by atoms with van der Waals surface area (Å²) in [6.45, 7) is 2.65. The van der Waals surface area contributed by atoms with Crippen molar-refractivity contribution in [3.63, 3.8) is 0 Å². The number of benzene rings is 2. The molecule has 0 aliphatic carbocycles. The van der Waals surface area contributed by atoms with Crippen LogP contribution in [0.3, 0.4) is 0 Å². The van der Waals surface area contributed by atoms with E-state index in [1.807, 2.05) is 66.1 Å². The molecular weight excluding hydrogens is 506 g/mol. The number of hydrazone groups is 1. The summed E-state index contributed by atoms with van der Waals surface area (Å²) >= 11 is 4.72. The number of halogens is 1. The number of nitrogens with zero attached hydrogens (tertiary/aromatic N) is 4. The van der Waals surface area contributed by atoms with Crippen molar-refractivity contribution in [2.75, 3.05) is 20.0 Å². The van der Waals surface area contributed by atoms with Gasteiger partial charge in [-0.1, -0.05) is 42.1 Å². The largest absolute Gasteiger partial charge is 0.493 e. The van der Waals surface area contributed by atoms with E-state index in [1.54, 1.807) is 20.4 Å². The normalized spacial score (nSPS) is 11.6. The summed E-state index contributed by atoms with van der Waals surface area (Å²) in [5.41, 5.74) is 4.40. The van der Waals surface area contributed by atoms with E-state index in [9.17, 15) is 4.79 Å². The number of nitrogens with one attached hydrogen (secondary N) is 1. The lowest BCUT2D eigenvalue weighted by Crippen LogP contribution is -2.19. The summed E-state index contributed by atoms with van der Waals surface area (Å²) in [5, 5.41) is 13.2. The maximum absolute atomic E-state index is 12.2. The number of thioether (sulfide) groups is 1. The van der Waals surface area contributed by atoms with Crippen molar-refractivity contribution in [2.24, 2.45) is 5.10 Å². The zero-order chi connectivity index (χ0) is 23.6. The molecule has 2 aromatic carbocycles. The smallest absolute Gasteiger partial charge is 0.250 e. The van der Waals surface area contributed by atoms with Crippen molar-refractivity contribution in [2.45, 2.75) is 18.6 Å². The number of carbonyl (C=O) groups excluding carboxylic acids is 1. The van der Waals surface area contributed by atoms with Crippen LogP contribution >= 0.6 is 27.7 Å². The molecule has 0 aliphatic heterocycles. The zero-order valence-corrected chi connectivity index (χ0v) is 20.9. The topological polar surface area (TPSA) is 90.6 Å². The van der Waals surface area contributed by atoms with Gasteiger partial charge in [0.25, 0.3) is 5.91 Å². The van der Waals surface area contributed by atoms with Crippen LogP contribution in [0, 0.1) is 0 Å². The summed E-state index contributed by atoms with van der Waals surface area (Å²) in [6, 6.07) is 15.4. The van der Waals surface area contributed by atoms with Crippen LogP contribution in [0.1, 0.15) is 12.5 Å². The third kappa shape index (κ3) is 6.69. The minimum Gasteiger partial charge on any atom is -0.493 e. The highest BCUT2D eigenvalue weighted by atomic mass is 79.9. The number of allylic oxidation sites excluding steroid dienone is 1. The Morgan fingerprint density at radius 2 is 1.91 bits per heavy atom. The van der Waals surface area contributed by atoms with Crippen LogP contribution in [0.25, 0.3) is 17.5 Å². The summed E-state index contributed by atoms with van der Waals surface area (Å²) in [7, 11) is 3.18. The predicted octanol–water partition coefficient (Wildman–Crippen LogP) is 4.61. The molecule has 0 radical (unpaired) electrons. The summed E-state index contributed by atoms with van der Waals surface area (Å²) < 4.78 is 13.4. The van der Waals surface area contributed by atoms with Gasteiger partial charge in [0.2, 0.25) is 0 Å². The van der Waals surface area contributed by atoms with Crippen LogP contribution in [-0.2, 0) is 11.3 Å². The fourth-order valence-corrected chi connectivity index (χ4v) is 4.10. The molecule has 33 heavy (non-hydrogen) atoms. The maximum atomic E-state index is 12.2.